The number of amides is 3. The van der Waals surface area contributed by atoms with Gasteiger partial charge in [-0.05, 0) is 74.6 Å². The number of halogens is 1. The van der Waals surface area contributed by atoms with Gasteiger partial charge in [0.15, 0.2) is 0 Å². The van der Waals surface area contributed by atoms with Crippen molar-refractivity contribution in [2.24, 2.45) is 17.3 Å². The Morgan fingerprint density at radius 1 is 0.935 bits per heavy atom. The summed E-state index contributed by atoms with van der Waals surface area (Å²) in [5, 5.41) is 3.85. The molecular weight excluding hydrogens is 414 g/mol. The molecule has 166 valence electrons. The van der Waals surface area contributed by atoms with Crippen LogP contribution < -0.4 is 5.32 Å². The lowest BCUT2D eigenvalue weighted by Crippen LogP contribution is -2.66. The number of piperazine rings is 1. The van der Waals surface area contributed by atoms with Crippen molar-refractivity contribution in [3.8, 4) is 0 Å². The van der Waals surface area contributed by atoms with Gasteiger partial charge in [-0.15, -0.1) is 0 Å². The van der Waals surface area contributed by atoms with E-state index in [9.17, 15) is 14.4 Å². The second-order valence-electron chi connectivity index (χ2n) is 10.3. The summed E-state index contributed by atoms with van der Waals surface area (Å²) >= 11 is 5.93. The molecule has 1 aromatic carbocycles. The average Bonchev–Trinajstić information content (AvgIpc) is 2.71. The van der Waals surface area contributed by atoms with E-state index in [1.807, 2.05) is 9.80 Å². The summed E-state index contributed by atoms with van der Waals surface area (Å²) < 4.78 is 0. The molecule has 1 saturated heterocycles. The van der Waals surface area contributed by atoms with E-state index < -0.39 is 0 Å². The van der Waals surface area contributed by atoms with Crippen LogP contribution in [-0.2, 0) is 9.59 Å². The zero-order chi connectivity index (χ0) is 21.8. The molecular formula is C24H30ClN3O3. The van der Waals surface area contributed by atoms with Crippen LogP contribution in [0.2, 0.25) is 5.02 Å². The van der Waals surface area contributed by atoms with E-state index in [-0.39, 0.29) is 28.7 Å². The fraction of sp³-hybridized carbons (Fsp3) is 0.625. The first-order chi connectivity index (χ1) is 14.8. The van der Waals surface area contributed by atoms with E-state index in [0.29, 0.717) is 48.6 Å². The van der Waals surface area contributed by atoms with E-state index in [2.05, 4.69) is 5.32 Å². The number of rotatable bonds is 3. The van der Waals surface area contributed by atoms with E-state index in [4.69, 9.17) is 11.6 Å². The number of carbonyl (C=O) groups is 3. The van der Waals surface area contributed by atoms with Gasteiger partial charge >= 0.3 is 0 Å². The topological polar surface area (TPSA) is 69.7 Å². The molecule has 4 saturated carbocycles. The van der Waals surface area contributed by atoms with Crippen molar-refractivity contribution in [3.63, 3.8) is 0 Å². The lowest BCUT2D eigenvalue weighted by molar-refractivity contribution is -0.164. The molecule has 1 aliphatic heterocycles. The minimum absolute atomic E-state index is 0.0109. The van der Waals surface area contributed by atoms with Gasteiger partial charge < -0.3 is 15.1 Å². The molecule has 2 unspecified atom stereocenters. The summed E-state index contributed by atoms with van der Waals surface area (Å²) in [5.41, 5.74) is 0.0924. The molecule has 6 nitrogen and oxygen atoms in total. The predicted molar refractivity (Wildman–Crippen MR) is 118 cm³/mol. The minimum Gasteiger partial charge on any atom is -0.351 e. The quantitative estimate of drug-likeness (QED) is 0.780. The van der Waals surface area contributed by atoms with Crippen molar-refractivity contribution in [2.75, 3.05) is 26.2 Å². The van der Waals surface area contributed by atoms with E-state index >= 15 is 0 Å². The second kappa shape index (κ2) is 7.51. The Morgan fingerprint density at radius 2 is 1.52 bits per heavy atom. The maximum Gasteiger partial charge on any atom is 0.253 e. The molecule has 0 aromatic heterocycles. The number of hydrogen-bond acceptors (Lipinski definition) is 3. The number of nitrogens with zero attached hydrogens (tertiary/aromatic N) is 2. The summed E-state index contributed by atoms with van der Waals surface area (Å²) in [7, 11) is 0. The lowest BCUT2D eigenvalue weighted by atomic mass is 9.46. The van der Waals surface area contributed by atoms with Gasteiger partial charge in [0.05, 0.1) is 5.41 Å². The van der Waals surface area contributed by atoms with Gasteiger partial charge in [-0.25, -0.2) is 0 Å². The van der Waals surface area contributed by atoms with Crippen molar-refractivity contribution < 1.29 is 14.4 Å². The normalized spacial score (nSPS) is 34.0. The highest BCUT2D eigenvalue weighted by atomic mass is 35.5. The maximum absolute atomic E-state index is 13.8. The summed E-state index contributed by atoms with van der Waals surface area (Å²) in [4.78, 5) is 42.2. The molecule has 0 spiro atoms. The van der Waals surface area contributed by atoms with Crippen molar-refractivity contribution in [1.29, 1.82) is 0 Å². The third kappa shape index (κ3) is 3.73. The smallest absolute Gasteiger partial charge is 0.253 e. The SMILES string of the molecule is CC(=O)NC12CC3CC(C1)CC(C(=O)N1CCN(C(=O)c4ccc(Cl)cc4)CC1)(C3)C2. The van der Waals surface area contributed by atoms with E-state index in [0.717, 1.165) is 32.1 Å². The Kier molecular flexibility index (Phi) is 5.04. The number of nitrogens with one attached hydrogen (secondary N) is 1. The molecule has 6 rings (SSSR count). The largest absolute Gasteiger partial charge is 0.351 e. The number of carbonyl (C=O) groups excluding carboxylic acids is 3. The fourth-order valence-corrected chi connectivity index (χ4v) is 7.38. The Bertz CT molecular complexity index is 893. The highest BCUT2D eigenvalue weighted by molar-refractivity contribution is 6.30. The van der Waals surface area contributed by atoms with Crippen LogP contribution in [0.25, 0.3) is 0 Å². The van der Waals surface area contributed by atoms with Crippen molar-refractivity contribution in [3.05, 3.63) is 34.9 Å². The van der Waals surface area contributed by atoms with E-state index in [1.54, 1.807) is 31.2 Å². The summed E-state index contributed by atoms with van der Waals surface area (Å²) in [6.07, 6.45) is 5.90. The van der Waals surface area contributed by atoms with Gasteiger partial charge in [-0.2, -0.15) is 0 Å². The zero-order valence-electron chi connectivity index (χ0n) is 18.0. The van der Waals surface area contributed by atoms with Gasteiger partial charge in [0.25, 0.3) is 5.91 Å². The highest BCUT2D eigenvalue weighted by Crippen LogP contribution is 2.62. The minimum atomic E-state index is -0.338. The average molecular weight is 444 g/mol. The van der Waals surface area contributed by atoms with Gasteiger partial charge in [0, 0.05) is 49.2 Å². The number of benzene rings is 1. The van der Waals surface area contributed by atoms with Gasteiger partial charge in [-0.3, -0.25) is 14.4 Å². The van der Waals surface area contributed by atoms with Gasteiger partial charge in [0.1, 0.15) is 0 Å². The van der Waals surface area contributed by atoms with Crippen LogP contribution in [0.1, 0.15) is 55.8 Å². The highest BCUT2D eigenvalue weighted by Gasteiger charge is 2.61. The number of hydrogen-bond donors (Lipinski definition) is 1. The summed E-state index contributed by atoms with van der Waals surface area (Å²) in [6.45, 7) is 3.83. The summed E-state index contributed by atoms with van der Waals surface area (Å²) in [6, 6.07) is 6.96. The molecule has 7 heteroatoms. The van der Waals surface area contributed by atoms with E-state index in [1.165, 1.54) is 6.42 Å². The van der Waals surface area contributed by atoms with Crippen LogP contribution in [0.3, 0.4) is 0 Å². The van der Waals surface area contributed by atoms with Crippen LogP contribution >= 0.6 is 11.6 Å². The first-order valence-corrected chi connectivity index (χ1v) is 11.8. The third-order valence-corrected chi connectivity index (χ3v) is 8.15. The lowest BCUT2D eigenvalue weighted by Gasteiger charge is -2.62. The maximum atomic E-state index is 13.8. The second-order valence-corrected chi connectivity index (χ2v) is 10.7. The third-order valence-electron chi connectivity index (χ3n) is 7.90. The first-order valence-electron chi connectivity index (χ1n) is 11.4. The molecule has 2 atom stereocenters. The van der Waals surface area contributed by atoms with Crippen molar-refractivity contribution >= 4 is 29.3 Å². The Balaban J connectivity index is 1.27. The van der Waals surface area contributed by atoms with Crippen LogP contribution in [0, 0.1) is 17.3 Å². The predicted octanol–water partition coefficient (Wildman–Crippen LogP) is 3.10. The molecule has 4 aliphatic carbocycles. The molecule has 0 radical (unpaired) electrons. The molecule has 5 fully saturated rings. The fourth-order valence-electron chi connectivity index (χ4n) is 7.26. The van der Waals surface area contributed by atoms with Gasteiger partial charge in [-0.1, -0.05) is 11.6 Å². The molecule has 5 aliphatic rings. The monoisotopic (exact) mass is 443 g/mol. The molecule has 1 heterocycles. The Labute approximate surface area is 188 Å². The molecule has 1 aromatic rings. The van der Waals surface area contributed by atoms with Crippen molar-refractivity contribution in [2.45, 2.75) is 51.0 Å². The van der Waals surface area contributed by atoms with Crippen molar-refractivity contribution in [1.82, 2.24) is 15.1 Å². The van der Waals surface area contributed by atoms with Crippen LogP contribution in [0.4, 0.5) is 0 Å². The summed E-state index contributed by atoms with van der Waals surface area (Å²) in [5.74, 6) is 1.31. The van der Waals surface area contributed by atoms with Crippen LogP contribution in [0.15, 0.2) is 24.3 Å². The van der Waals surface area contributed by atoms with Crippen LogP contribution in [-0.4, -0.2) is 59.2 Å². The zero-order valence-corrected chi connectivity index (χ0v) is 18.8. The Morgan fingerprint density at radius 3 is 2.10 bits per heavy atom. The molecule has 31 heavy (non-hydrogen) atoms. The van der Waals surface area contributed by atoms with Crippen LogP contribution in [0.5, 0.6) is 0 Å². The van der Waals surface area contributed by atoms with Gasteiger partial charge in [0.2, 0.25) is 11.8 Å². The molecule has 1 N–H and O–H groups in total. The Hall–Kier alpha value is -2.08. The molecule has 4 bridgehead atoms. The standard InChI is InChI=1S/C24H30ClN3O3/c1-16(29)26-24-13-17-10-18(14-24)12-23(11-17,15-24)22(31)28-8-6-27(7-9-28)21(30)19-2-4-20(25)5-3-19/h2-5,17-18H,6-15H2,1H3,(H,26,29). The molecule has 3 amide bonds. The first kappa shape index (κ1) is 20.8.